The Hall–Kier alpha value is -1.83. The van der Waals surface area contributed by atoms with Crippen molar-refractivity contribution in [3.8, 4) is 0 Å². The number of amides is 1. The number of anilines is 1. The normalized spacial score (nSPS) is 24.5. The predicted molar refractivity (Wildman–Crippen MR) is 115 cm³/mol. The molecule has 0 aliphatic carbocycles. The van der Waals surface area contributed by atoms with E-state index in [0.717, 1.165) is 16.8 Å². The average molecular weight is 435 g/mol. The first-order valence-corrected chi connectivity index (χ1v) is 12.0. The molecule has 28 heavy (non-hydrogen) atoms. The molecule has 0 saturated carbocycles. The van der Waals surface area contributed by atoms with E-state index >= 15 is 0 Å². The van der Waals surface area contributed by atoms with Gasteiger partial charge >= 0.3 is 0 Å². The summed E-state index contributed by atoms with van der Waals surface area (Å²) in [6.45, 7) is 1.98. The molecule has 2 aliphatic heterocycles. The monoisotopic (exact) mass is 434 g/mol. The highest BCUT2D eigenvalue weighted by Crippen LogP contribution is 2.41. The molecule has 2 heterocycles. The Labute approximate surface area is 173 Å². The van der Waals surface area contributed by atoms with Gasteiger partial charge in [0.05, 0.1) is 24.0 Å². The van der Waals surface area contributed by atoms with Crippen molar-refractivity contribution in [3.05, 3.63) is 64.7 Å². The van der Waals surface area contributed by atoms with Gasteiger partial charge in [0.25, 0.3) is 5.91 Å². The third-order valence-electron chi connectivity index (χ3n) is 4.93. The second-order valence-electron chi connectivity index (χ2n) is 7.05. The van der Waals surface area contributed by atoms with E-state index in [0.29, 0.717) is 10.2 Å². The van der Waals surface area contributed by atoms with Crippen LogP contribution in [-0.4, -0.2) is 42.3 Å². The zero-order chi connectivity index (χ0) is 19.9. The van der Waals surface area contributed by atoms with E-state index in [-0.39, 0.29) is 35.1 Å². The lowest BCUT2D eigenvalue weighted by Crippen LogP contribution is -2.38. The van der Waals surface area contributed by atoms with Crippen LogP contribution in [0, 0.1) is 6.92 Å². The molecular formula is C20H19ClN2O3S2. The lowest BCUT2D eigenvalue weighted by molar-refractivity contribution is -0.117. The minimum atomic E-state index is -3.08. The van der Waals surface area contributed by atoms with Crippen LogP contribution in [0.25, 0.3) is 0 Å². The van der Waals surface area contributed by atoms with Crippen LogP contribution in [0.2, 0.25) is 5.02 Å². The molecule has 0 bridgehead atoms. The number of nitrogens with zero attached hydrogens (tertiary/aromatic N) is 2. The lowest BCUT2D eigenvalue weighted by atomic mass is 10.1. The van der Waals surface area contributed by atoms with Gasteiger partial charge in [-0.3, -0.25) is 4.79 Å². The van der Waals surface area contributed by atoms with Gasteiger partial charge in [-0.05, 0) is 36.2 Å². The van der Waals surface area contributed by atoms with Crippen molar-refractivity contribution < 1.29 is 13.2 Å². The maximum absolute atomic E-state index is 12.6. The maximum atomic E-state index is 12.6. The molecule has 4 rings (SSSR count). The number of aliphatic imine (C=N–C) groups is 1. The summed E-state index contributed by atoms with van der Waals surface area (Å²) >= 11 is 7.28. The Bertz CT molecular complexity index is 1050. The fourth-order valence-corrected chi connectivity index (χ4v) is 7.65. The molecule has 2 aliphatic rings. The summed E-state index contributed by atoms with van der Waals surface area (Å²) < 4.78 is 24.3. The number of fused-ring (bicyclic) bond motifs is 1. The van der Waals surface area contributed by atoms with Gasteiger partial charge < -0.3 is 4.90 Å². The highest BCUT2D eigenvalue weighted by Gasteiger charge is 2.49. The molecule has 0 aromatic heterocycles. The Kier molecular flexibility index (Phi) is 5.24. The van der Waals surface area contributed by atoms with Crippen LogP contribution in [0.5, 0.6) is 0 Å². The molecule has 0 radical (unpaired) electrons. The fraction of sp³-hybridized carbons (Fsp3) is 0.300. The minimum Gasteiger partial charge on any atom is -0.315 e. The van der Waals surface area contributed by atoms with Crippen molar-refractivity contribution in [2.45, 2.75) is 24.6 Å². The Morgan fingerprint density at radius 1 is 1.18 bits per heavy atom. The molecule has 2 fully saturated rings. The second-order valence-corrected chi connectivity index (χ2v) is 10.8. The number of halogens is 1. The largest absolute Gasteiger partial charge is 0.315 e. The molecular weight excluding hydrogens is 416 g/mol. The summed E-state index contributed by atoms with van der Waals surface area (Å²) in [6, 6.07) is 14.7. The summed E-state index contributed by atoms with van der Waals surface area (Å²) in [5, 5.41) is 1.10. The Morgan fingerprint density at radius 3 is 2.61 bits per heavy atom. The first-order chi connectivity index (χ1) is 13.3. The summed E-state index contributed by atoms with van der Waals surface area (Å²) in [4.78, 5) is 18.9. The van der Waals surface area contributed by atoms with Gasteiger partial charge in [0.15, 0.2) is 15.0 Å². The number of hydrogen-bond donors (Lipinski definition) is 0. The number of para-hydroxylation sites is 1. The smallest absolute Gasteiger partial charge is 0.252 e. The summed E-state index contributed by atoms with van der Waals surface area (Å²) in [5.41, 5.74) is 2.76. The molecule has 2 saturated heterocycles. The minimum absolute atomic E-state index is 0.0867. The van der Waals surface area contributed by atoms with Crippen molar-refractivity contribution in [2.24, 2.45) is 4.99 Å². The molecule has 8 heteroatoms. The van der Waals surface area contributed by atoms with Crippen molar-refractivity contribution in [2.75, 3.05) is 16.4 Å². The standard InChI is InChI=1S/C20H19ClN2O3S2/c1-13-4-2-3-5-16(13)23-17-11-28(25,26)12-18(17)27-20(23)22-19(24)10-14-6-8-15(21)9-7-14/h2-9,17-18H,10-12H2,1H3. The van der Waals surface area contributed by atoms with E-state index in [1.165, 1.54) is 11.8 Å². The predicted octanol–water partition coefficient (Wildman–Crippen LogP) is 3.49. The Morgan fingerprint density at radius 2 is 1.89 bits per heavy atom. The van der Waals surface area contributed by atoms with Crippen LogP contribution in [0.4, 0.5) is 5.69 Å². The van der Waals surface area contributed by atoms with E-state index in [1.807, 2.05) is 48.2 Å². The molecule has 146 valence electrons. The molecule has 5 nitrogen and oxygen atoms in total. The first-order valence-electron chi connectivity index (χ1n) is 8.90. The van der Waals surface area contributed by atoms with Crippen molar-refractivity contribution >= 4 is 50.0 Å². The van der Waals surface area contributed by atoms with E-state index < -0.39 is 9.84 Å². The van der Waals surface area contributed by atoms with Crippen LogP contribution in [0.1, 0.15) is 11.1 Å². The third kappa shape index (κ3) is 3.97. The fourth-order valence-electron chi connectivity index (χ4n) is 3.60. The summed E-state index contributed by atoms with van der Waals surface area (Å²) in [5.74, 6) is -0.0513. The van der Waals surface area contributed by atoms with E-state index in [4.69, 9.17) is 11.6 Å². The quantitative estimate of drug-likeness (QED) is 0.739. The van der Waals surface area contributed by atoms with E-state index in [2.05, 4.69) is 4.99 Å². The third-order valence-corrected chi connectivity index (χ3v) is 8.39. The number of sulfone groups is 1. The number of carbonyl (C=O) groups is 1. The topological polar surface area (TPSA) is 66.8 Å². The molecule has 1 amide bonds. The number of benzene rings is 2. The van der Waals surface area contributed by atoms with Crippen LogP contribution in [0.15, 0.2) is 53.5 Å². The maximum Gasteiger partial charge on any atom is 0.252 e. The van der Waals surface area contributed by atoms with Gasteiger partial charge in [0.1, 0.15) is 0 Å². The summed E-state index contributed by atoms with van der Waals surface area (Å²) in [7, 11) is -3.08. The van der Waals surface area contributed by atoms with Crippen LogP contribution < -0.4 is 4.90 Å². The molecule has 2 aromatic carbocycles. The SMILES string of the molecule is Cc1ccccc1N1C(=NC(=O)Cc2ccc(Cl)cc2)SC2CS(=O)(=O)CC21. The zero-order valence-electron chi connectivity index (χ0n) is 15.2. The second kappa shape index (κ2) is 7.54. The molecule has 2 unspecified atom stereocenters. The van der Waals surface area contributed by atoms with Crippen LogP contribution in [-0.2, 0) is 21.1 Å². The van der Waals surface area contributed by atoms with Gasteiger partial charge in [0.2, 0.25) is 0 Å². The number of hydrogen-bond acceptors (Lipinski definition) is 4. The number of aryl methyl sites for hydroxylation is 1. The highest BCUT2D eigenvalue weighted by molar-refractivity contribution is 8.16. The average Bonchev–Trinajstić information content (AvgIpc) is 3.08. The van der Waals surface area contributed by atoms with Crippen molar-refractivity contribution in [3.63, 3.8) is 0 Å². The molecule has 0 spiro atoms. The number of thioether (sulfide) groups is 1. The number of rotatable bonds is 3. The number of carbonyl (C=O) groups excluding carboxylic acids is 1. The van der Waals surface area contributed by atoms with Crippen LogP contribution in [0.3, 0.4) is 0 Å². The van der Waals surface area contributed by atoms with E-state index in [9.17, 15) is 13.2 Å². The number of amidine groups is 1. The van der Waals surface area contributed by atoms with E-state index in [1.54, 1.807) is 12.1 Å². The van der Waals surface area contributed by atoms with Gasteiger partial charge in [-0.15, -0.1) is 0 Å². The molecule has 2 atom stereocenters. The molecule has 0 N–H and O–H groups in total. The van der Waals surface area contributed by atoms with Gasteiger partial charge in [0, 0.05) is 16.0 Å². The van der Waals surface area contributed by atoms with Crippen molar-refractivity contribution in [1.29, 1.82) is 0 Å². The molecule has 2 aromatic rings. The van der Waals surface area contributed by atoms with Gasteiger partial charge in [-0.2, -0.15) is 4.99 Å². The lowest BCUT2D eigenvalue weighted by Gasteiger charge is -2.26. The van der Waals surface area contributed by atoms with Gasteiger partial charge in [-0.25, -0.2) is 8.42 Å². The summed E-state index contributed by atoms with van der Waals surface area (Å²) in [6.07, 6.45) is 0.177. The Balaban J connectivity index is 1.65. The first kappa shape index (κ1) is 19.5. The van der Waals surface area contributed by atoms with Crippen LogP contribution >= 0.6 is 23.4 Å². The zero-order valence-corrected chi connectivity index (χ0v) is 17.6. The van der Waals surface area contributed by atoms with Crippen molar-refractivity contribution in [1.82, 2.24) is 0 Å². The van der Waals surface area contributed by atoms with Gasteiger partial charge in [-0.1, -0.05) is 53.7 Å². The highest BCUT2D eigenvalue weighted by atomic mass is 35.5.